The number of hydrogen-bond donors (Lipinski definition) is 0. The van der Waals surface area contributed by atoms with Crippen molar-refractivity contribution >= 4 is 37.5 Å². The highest BCUT2D eigenvalue weighted by Gasteiger charge is 2.19. The molecule has 19 heavy (non-hydrogen) atoms. The summed E-state index contributed by atoms with van der Waals surface area (Å²) in [7, 11) is 0. The molecule has 1 aliphatic rings. The first-order chi connectivity index (χ1) is 9.24. The van der Waals surface area contributed by atoms with Crippen LogP contribution in [0.2, 0.25) is 0 Å². The summed E-state index contributed by atoms with van der Waals surface area (Å²) < 4.78 is 0.817. The highest BCUT2D eigenvalue weighted by molar-refractivity contribution is 9.10. The van der Waals surface area contributed by atoms with E-state index in [2.05, 4.69) is 44.1 Å². The maximum atomic E-state index is 11.8. The van der Waals surface area contributed by atoms with Gasteiger partial charge < -0.3 is 0 Å². The summed E-state index contributed by atoms with van der Waals surface area (Å²) >= 11 is 5.06. The third kappa shape index (κ3) is 1.61. The normalized spacial score (nSPS) is 13.3. The van der Waals surface area contributed by atoms with Crippen molar-refractivity contribution in [1.29, 1.82) is 0 Å². The van der Waals surface area contributed by atoms with Crippen molar-refractivity contribution in [1.82, 2.24) is 9.97 Å². The third-order valence-electron chi connectivity index (χ3n) is 3.53. The van der Waals surface area contributed by atoms with Crippen LogP contribution < -0.4 is 0 Å². The molecule has 3 aromatic rings. The molecule has 0 N–H and O–H groups in total. The van der Waals surface area contributed by atoms with E-state index in [1.807, 2.05) is 0 Å². The summed E-state index contributed by atoms with van der Waals surface area (Å²) in [6.07, 6.45) is 3.66. The van der Waals surface area contributed by atoms with Gasteiger partial charge in [-0.15, -0.1) is 11.3 Å². The van der Waals surface area contributed by atoms with Gasteiger partial charge in [-0.2, -0.15) is 4.98 Å². The number of benzene rings is 1. The lowest BCUT2D eigenvalue weighted by Gasteiger charge is -2.19. The lowest BCUT2D eigenvalue weighted by atomic mass is 9.87. The van der Waals surface area contributed by atoms with Crippen LogP contribution in [0.25, 0.3) is 20.7 Å². The number of rotatable bonds is 1. The van der Waals surface area contributed by atoms with Crippen molar-refractivity contribution in [3.63, 3.8) is 0 Å². The van der Waals surface area contributed by atoms with Crippen LogP contribution in [-0.4, -0.2) is 9.97 Å². The zero-order valence-corrected chi connectivity index (χ0v) is 12.2. The van der Waals surface area contributed by atoms with Crippen molar-refractivity contribution in [2.45, 2.75) is 12.8 Å². The molecule has 0 spiro atoms. The Balaban J connectivity index is 1.97. The summed E-state index contributed by atoms with van der Waals surface area (Å²) in [5, 5.41) is 12.4. The standard InChI is InChI=1S/C14H8BrN2OS/c15-11-10-13(18)16-6-17-14(10)19-12(11)9-4-2-7-1-3-8(7)5-9/h2,4-6H,1,3H2. The number of halogens is 1. The van der Waals surface area contributed by atoms with E-state index in [0.29, 0.717) is 5.39 Å². The molecular formula is C14H8BrN2OS. The molecule has 4 rings (SSSR count). The summed E-state index contributed by atoms with van der Waals surface area (Å²) in [5.41, 5.74) is 3.99. The molecule has 2 heterocycles. The average Bonchev–Trinajstić information content (AvgIpc) is 2.70. The lowest BCUT2D eigenvalue weighted by Crippen LogP contribution is -2.07. The number of nitrogens with zero attached hydrogens (tertiary/aromatic N) is 2. The Morgan fingerprint density at radius 2 is 2.00 bits per heavy atom. The van der Waals surface area contributed by atoms with Crippen molar-refractivity contribution in [3.8, 4) is 16.3 Å². The zero-order valence-electron chi connectivity index (χ0n) is 9.81. The number of aryl methyl sites for hydroxylation is 2. The van der Waals surface area contributed by atoms with Crippen LogP contribution in [0.15, 0.2) is 29.0 Å². The van der Waals surface area contributed by atoms with Crippen LogP contribution in [0, 0.1) is 0 Å². The maximum Gasteiger partial charge on any atom is 0.282 e. The SMILES string of the molecule is [O]c1ncnc2sc(-c3ccc4c(c3)CC4)c(Br)c12. The molecule has 0 aliphatic heterocycles. The van der Waals surface area contributed by atoms with Crippen molar-refractivity contribution < 1.29 is 5.11 Å². The molecule has 1 radical (unpaired) electrons. The average molecular weight is 332 g/mol. The van der Waals surface area contributed by atoms with Crippen LogP contribution >= 0.6 is 27.3 Å². The first-order valence-corrected chi connectivity index (χ1v) is 7.57. The highest BCUT2D eigenvalue weighted by atomic mass is 79.9. The molecule has 93 valence electrons. The molecule has 1 aliphatic carbocycles. The Morgan fingerprint density at radius 3 is 2.68 bits per heavy atom. The highest BCUT2D eigenvalue weighted by Crippen LogP contribution is 2.44. The van der Waals surface area contributed by atoms with E-state index in [0.717, 1.165) is 26.2 Å². The second-order valence-corrected chi connectivity index (χ2v) is 6.38. The number of thiophene rings is 1. The van der Waals surface area contributed by atoms with Gasteiger partial charge in [0.25, 0.3) is 5.88 Å². The largest absolute Gasteiger partial charge is 0.282 e. The minimum Gasteiger partial charge on any atom is -0.267 e. The van der Waals surface area contributed by atoms with Gasteiger partial charge in [-0.25, -0.2) is 4.98 Å². The van der Waals surface area contributed by atoms with E-state index in [4.69, 9.17) is 0 Å². The molecule has 2 aromatic heterocycles. The molecular weight excluding hydrogens is 324 g/mol. The lowest BCUT2D eigenvalue weighted by molar-refractivity contribution is 0.342. The Labute approximate surface area is 122 Å². The van der Waals surface area contributed by atoms with Crippen LogP contribution in [0.5, 0.6) is 5.88 Å². The topological polar surface area (TPSA) is 45.7 Å². The fourth-order valence-corrected chi connectivity index (χ4v) is 4.38. The van der Waals surface area contributed by atoms with Crippen molar-refractivity contribution in [2.24, 2.45) is 0 Å². The summed E-state index contributed by atoms with van der Waals surface area (Å²) in [6, 6.07) is 6.51. The molecule has 0 fully saturated rings. The van der Waals surface area contributed by atoms with Crippen LogP contribution in [-0.2, 0) is 17.9 Å². The molecule has 1 aromatic carbocycles. The molecule has 0 saturated heterocycles. The Bertz CT molecular complexity index is 813. The van der Waals surface area contributed by atoms with Crippen LogP contribution in [0.1, 0.15) is 11.1 Å². The fourth-order valence-electron chi connectivity index (χ4n) is 2.40. The molecule has 3 nitrogen and oxygen atoms in total. The number of hydrogen-bond acceptors (Lipinski definition) is 3. The van der Waals surface area contributed by atoms with Gasteiger partial charge in [0.1, 0.15) is 11.2 Å². The third-order valence-corrected chi connectivity index (χ3v) is 5.73. The van der Waals surface area contributed by atoms with Gasteiger partial charge in [0.05, 0.1) is 14.7 Å². The monoisotopic (exact) mass is 331 g/mol. The van der Waals surface area contributed by atoms with Crippen molar-refractivity contribution in [3.05, 3.63) is 40.1 Å². The van der Waals surface area contributed by atoms with Gasteiger partial charge in [-0.05, 0) is 45.5 Å². The molecule has 0 bridgehead atoms. The van der Waals surface area contributed by atoms with E-state index in [9.17, 15) is 5.11 Å². The van der Waals surface area contributed by atoms with Crippen LogP contribution in [0.3, 0.4) is 0 Å². The number of fused-ring (bicyclic) bond motifs is 2. The molecule has 0 atom stereocenters. The Kier molecular flexibility index (Phi) is 2.40. The quantitative estimate of drug-likeness (QED) is 0.664. The summed E-state index contributed by atoms with van der Waals surface area (Å²) in [6.45, 7) is 0. The number of aromatic nitrogens is 2. The van der Waals surface area contributed by atoms with E-state index in [1.165, 1.54) is 35.2 Å². The van der Waals surface area contributed by atoms with Crippen molar-refractivity contribution in [2.75, 3.05) is 0 Å². The van der Waals surface area contributed by atoms with Gasteiger partial charge in [-0.3, -0.25) is 5.11 Å². The minimum absolute atomic E-state index is 0.219. The second-order valence-electron chi connectivity index (χ2n) is 4.59. The van der Waals surface area contributed by atoms with Gasteiger partial charge in [-0.1, -0.05) is 18.2 Å². The second kappa shape index (κ2) is 4.02. The van der Waals surface area contributed by atoms with Gasteiger partial charge in [0.15, 0.2) is 0 Å². The fraction of sp³-hybridized carbons (Fsp3) is 0.143. The summed E-state index contributed by atoms with van der Waals surface area (Å²) in [5.74, 6) is -0.219. The van der Waals surface area contributed by atoms with Gasteiger partial charge >= 0.3 is 0 Å². The first-order valence-electron chi connectivity index (χ1n) is 5.96. The predicted molar refractivity (Wildman–Crippen MR) is 78.1 cm³/mol. The molecule has 0 unspecified atom stereocenters. The minimum atomic E-state index is -0.219. The Morgan fingerprint density at radius 1 is 1.16 bits per heavy atom. The smallest absolute Gasteiger partial charge is 0.267 e. The zero-order chi connectivity index (χ0) is 13.0. The first kappa shape index (κ1) is 11.4. The van der Waals surface area contributed by atoms with E-state index in [-0.39, 0.29) is 5.88 Å². The van der Waals surface area contributed by atoms with E-state index < -0.39 is 0 Å². The van der Waals surface area contributed by atoms with Gasteiger partial charge in [0.2, 0.25) is 0 Å². The van der Waals surface area contributed by atoms with E-state index in [1.54, 1.807) is 0 Å². The summed E-state index contributed by atoms with van der Waals surface area (Å²) in [4.78, 5) is 9.71. The predicted octanol–water partition coefficient (Wildman–Crippen LogP) is 4.36. The van der Waals surface area contributed by atoms with E-state index >= 15 is 0 Å². The Hall–Kier alpha value is -1.46. The molecule has 0 saturated carbocycles. The van der Waals surface area contributed by atoms with Gasteiger partial charge in [0, 0.05) is 0 Å². The maximum absolute atomic E-state index is 11.8. The molecule has 0 amide bonds. The van der Waals surface area contributed by atoms with Crippen LogP contribution in [0.4, 0.5) is 0 Å². The molecule has 5 heteroatoms.